The van der Waals surface area contributed by atoms with Crippen LogP contribution in [0.2, 0.25) is 0 Å². The maximum absolute atomic E-state index is 5.48. The first kappa shape index (κ1) is 21.3. The van der Waals surface area contributed by atoms with E-state index in [9.17, 15) is 0 Å². The zero-order valence-corrected chi connectivity index (χ0v) is 19.8. The van der Waals surface area contributed by atoms with Crippen molar-refractivity contribution in [1.82, 2.24) is 24.7 Å². The predicted molar refractivity (Wildman–Crippen MR) is 109 cm³/mol. The molecule has 0 amide bonds. The molecule has 4 rings (SSSR count). The molecule has 0 N–H and O–H groups in total. The second-order valence-electron chi connectivity index (χ2n) is 7.71. The number of hydrogen-bond acceptors (Lipinski definition) is 5. The van der Waals surface area contributed by atoms with E-state index >= 15 is 0 Å². The summed E-state index contributed by atoms with van der Waals surface area (Å²) in [4.78, 5) is 8.70. The van der Waals surface area contributed by atoms with Gasteiger partial charge in [0.2, 0.25) is 0 Å². The first-order chi connectivity index (χ1) is 13.4. The van der Waals surface area contributed by atoms with Gasteiger partial charge in [0.05, 0.1) is 5.82 Å². The van der Waals surface area contributed by atoms with Crippen LogP contribution in [0.3, 0.4) is 0 Å². The third-order valence-electron chi connectivity index (χ3n) is 4.93. The van der Waals surface area contributed by atoms with Gasteiger partial charge in [0, 0.05) is 38.2 Å². The van der Waals surface area contributed by atoms with E-state index < -0.39 is 0 Å². The molecule has 0 spiro atoms. The molecule has 0 atom stereocenters. The summed E-state index contributed by atoms with van der Waals surface area (Å²) in [5.74, 6) is 2.85. The van der Waals surface area contributed by atoms with Crippen molar-refractivity contribution < 1.29 is 24.5 Å². The average molecular weight is 567 g/mol. The molecular formula is C22H24IrN5O-. The summed E-state index contributed by atoms with van der Waals surface area (Å²) in [5.41, 5.74) is 5.60. The third-order valence-corrected chi connectivity index (χ3v) is 4.93. The number of nitrogens with zero attached hydrogens (tertiary/aromatic N) is 5. The fraction of sp³-hybridized carbons (Fsp3) is 0.364. The maximum Gasteiger partial charge on any atom is 0.181 e. The summed E-state index contributed by atoms with van der Waals surface area (Å²) in [6.45, 7) is 12.6. The molecule has 153 valence electrons. The van der Waals surface area contributed by atoms with Gasteiger partial charge in [0.25, 0.3) is 0 Å². The molecule has 0 saturated heterocycles. The van der Waals surface area contributed by atoms with Crippen LogP contribution in [0.1, 0.15) is 62.4 Å². The summed E-state index contributed by atoms with van der Waals surface area (Å²) in [7, 11) is 0. The van der Waals surface area contributed by atoms with E-state index in [1.165, 1.54) is 11.1 Å². The quantitative estimate of drug-likeness (QED) is 0.321. The van der Waals surface area contributed by atoms with Crippen LogP contribution in [0.5, 0.6) is 0 Å². The van der Waals surface area contributed by atoms with Crippen molar-refractivity contribution in [1.29, 1.82) is 0 Å². The van der Waals surface area contributed by atoms with Gasteiger partial charge < -0.3 is 14.0 Å². The van der Waals surface area contributed by atoms with Crippen LogP contribution >= 0.6 is 0 Å². The average Bonchev–Trinajstić information content (AvgIpc) is 3.21. The van der Waals surface area contributed by atoms with Crippen LogP contribution < -0.4 is 0 Å². The maximum atomic E-state index is 5.48. The smallest absolute Gasteiger partial charge is 0.181 e. The summed E-state index contributed by atoms with van der Waals surface area (Å²) >= 11 is 0. The summed E-state index contributed by atoms with van der Waals surface area (Å²) < 4.78 is 7.61. The van der Waals surface area contributed by atoms with E-state index in [0.29, 0.717) is 34.8 Å². The number of aromatic nitrogens is 5. The van der Waals surface area contributed by atoms with Gasteiger partial charge in [-0.25, -0.2) is 4.98 Å². The van der Waals surface area contributed by atoms with Crippen molar-refractivity contribution in [2.24, 2.45) is 0 Å². The second-order valence-corrected chi connectivity index (χ2v) is 7.71. The first-order valence-corrected chi connectivity index (χ1v) is 9.58. The zero-order valence-electron chi connectivity index (χ0n) is 17.4. The molecule has 1 aromatic carbocycles. The Bertz CT molecular complexity index is 1130. The molecule has 0 fully saturated rings. The van der Waals surface area contributed by atoms with Crippen LogP contribution in [0.4, 0.5) is 0 Å². The normalized spacial score (nSPS) is 11.4. The first-order valence-electron chi connectivity index (χ1n) is 9.58. The van der Waals surface area contributed by atoms with Gasteiger partial charge in [-0.2, -0.15) is 5.10 Å². The summed E-state index contributed by atoms with van der Waals surface area (Å²) in [6, 6.07) is 8.40. The topological polar surface area (TPSA) is 69.6 Å². The molecular weight excluding hydrogens is 542 g/mol. The van der Waals surface area contributed by atoms with E-state index in [4.69, 9.17) is 4.42 Å². The van der Waals surface area contributed by atoms with Crippen molar-refractivity contribution in [3.63, 3.8) is 0 Å². The minimum atomic E-state index is 0. The minimum Gasteiger partial charge on any atom is -0.469 e. The van der Waals surface area contributed by atoms with E-state index in [-0.39, 0.29) is 20.1 Å². The van der Waals surface area contributed by atoms with Crippen molar-refractivity contribution in [2.75, 3.05) is 0 Å². The molecule has 0 unspecified atom stereocenters. The molecule has 7 heteroatoms. The van der Waals surface area contributed by atoms with Crippen LogP contribution in [0.15, 0.2) is 28.7 Å². The van der Waals surface area contributed by atoms with Gasteiger partial charge in [-0.1, -0.05) is 51.5 Å². The van der Waals surface area contributed by atoms with Gasteiger partial charge in [-0.3, -0.25) is 0 Å². The molecule has 6 nitrogen and oxygen atoms in total. The molecule has 0 aliphatic carbocycles. The monoisotopic (exact) mass is 567 g/mol. The van der Waals surface area contributed by atoms with E-state index in [1.54, 1.807) is 0 Å². The van der Waals surface area contributed by atoms with E-state index in [2.05, 4.69) is 76.8 Å². The fourth-order valence-electron chi connectivity index (χ4n) is 3.58. The zero-order chi connectivity index (χ0) is 20.0. The van der Waals surface area contributed by atoms with Crippen molar-refractivity contribution >= 4 is 11.2 Å². The second kappa shape index (κ2) is 8.17. The molecule has 0 bridgehead atoms. The van der Waals surface area contributed by atoms with E-state index in [0.717, 1.165) is 17.1 Å². The molecule has 0 saturated carbocycles. The molecule has 3 aromatic heterocycles. The standard InChI is InChI=1S/C22H24N5O.Ir/c1-12(2)17-8-7-9-18(13(3)4)20(17)27-14(5)25-26-21(27)16-10-19-22(23-11-16)28-15(6)24-19;/h7-10,12-13H,1-6H3;/q-1;. The molecule has 4 aromatic rings. The summed E-state index contributed by atoms with van der Waals surface area (Å²) in [5, 5.41) is 8.84. The number of oxazole rings is 1. The number of fused-ring (bicyclic) bond motifs is 1. The minimum absolute atomic E-state index is 0. The molecule has 3 heterocycles. The number of benzene rings is 1. The van der Waals surface area contributed by atoms with Gasteiger partial charge in [0.1, 0.15) is 5.82 Å². The van der Waals surface area contributed by atoms with Crippen LogP contribution in [-0.2, 0) is 20.1 Å². The SMILES string of the molecule is Cc1nc2cc(-c3nnc(C)n3-c3c(C(C)C)cccc3C(C)C)[c-]nc2o1.[Ir]. The van der Waals surface area contributed by atoms with Crippen LogP contribution in [0.25, 0.3) is 28.3 Å². The Morgan fingerprint density at radius 1 is 1.00 bits per heavy atom. The van der Waals surface area contributed by atoms with Crippen molar-refractivity contribution in [3.8, 4) is 17.1 Å². The van der Waals surface area contributed by atoms with Crippen LogP contribution in [-0.4, -0.2) is 24.7 Å². The fourth-order valence-corrected chi connectivity index (χ4v) is 3.58. The van der Waals surface area contributed by atoms with Gasteiger partial charge in [0.15, 0.2) is 11.6 Å². The largest absolute Gasteiger partial charge is 0.469 e. The van der Waals surface area contributed by atoms with E-state index in [1.807, 2.05) is 19.9 Å². The Balaban J connectivity index is 0.00000240. The van der Waals surface area contributed by atoms with Gasteiger partial charge in [-0.15, -0.1) is 11.2 Å². The Morgan fingerprint density at radius 3 is 2.28 bits per heavy atom. The molecule has 0 aliphatic heterocycles. The molecule has 29 heavy (non-hydrogen) atoms. The number of rotatable bonds is 4. The number of hydrogen-bond donors (Lipinski definition) is 0. The van der Waals surface area contributed by atoms with Crippen LogP contribution in [0, 0.1) is 20.0 Å². The predicted octanol–water partition coefficient (Wildman–Crippen LogP) is 5.13. The van der Waals surface area contributed by atoms with Gasteiger partial charge >= 0.3 is 0 Å². The van der Waals surface area contributed by atoms with Crippen molar-refractivity contribution in [3.05, 3.63) is 53.3 Å². The Morgan fingerprint density at radius 2 is 1.66 bits per heavy atom. The molecule has 1 radical (unpaired) electrons. The van der Waals surface area contributed by atoms with Gasteiger partial charge in [-0.05, 0) is 36.1 Å². The summed E-state index contributed by atoms with van der Waals surface area (Å²) in [6.07, 6.45) is 3.05. The Labute approximate surface area is 184 Å². The Kier molecular flexibility index (Phi) is 6.01. The third kappa shape index (κ3) is 3.77. The number of para-hydroxylation sites is 1. The number of aryl methyl sites for hydroxylation is 2. The Hall–Kier alpha value is -2.37. The van der Waals surface area contributed by atoms with Crippen molar-refractivity contribution in [2.45, 2.75) is 53.4 Å². The molecule has 0 aliphatic rings. The number of pyridine rings is 1.